The predicted molar refractivity (Wildman–Crippen MR) is 99.6 cm³/mol. The highest BCUT2D eigenvalue weighted by molar-refractivity contribution is 5.89. The van der Waals surface area contributed by atoms with Crippen LogP contribution in [0, 0.1) is 0 Å². The van der Waals surface area contributed by atoms with Crippen molar-refractivity contribution in [2.24, 2.45) is 0 Å². The Morgan fingerprint density at radius 2 is 1.92 bits per heavy atom. The van der Waals surface area contributed by atoms with Crippen LogP contribution in [0.2, 0.25) is 0 Å². The topological polar surface area (TPSA) is 93.1 Å². The van der Waals surface area contributed by atoms with Gasteiger partial charge in [0.1, 0.15) is 23.9 Å². The molecule has 1 atom stereocenters. The number of aliphatic hydroxyl groups excluding tert-OH is 1. The van der Waals surface area contributed by atoms with Gasteiger partial charge in [-0.25, -0.2) is 14.6 Å². The third-order valence-corrected chi connectivity index (χ3v) is 4.12. The first kappa shape index (κ1) is 17.2. The maximum atomic E-state index is 11.0. The minimum absolute atomic E-state index is 0.303. The largest absolute Gasteiger partial charge is 0.383 e. The van der Waals surface area contributed by atoms with Crippen LogP contribution in [0.4, 0.5) is 11.5 Å². The molecule has 0 spiro atoms. The van der Waals surface area contributed by atoms with Gasteiger partial charge in [0, 0.05) is 19.8 Å². The van der Waals surface area contributed by atoms with Gasteiger partial charge in [0.05, 0.1) is 10.9 Å². The Morgan fingerprint density at radius 3 is 2.56 bits per heavy atom. The van der Waals surface area contributed by atoms with Crippen molar-refractivity contribution in [3.8, 4) is 0 Å². The van der Waals surface area contributed by atoms with Crippen LogP contribution in [0.1, 0.15) is 38.1 Å². The van der Waals surface area contributed by atoms with E-state index in [1.54, 1.807) is 4.68 Å². The number of fused-ring (bicyclic) bond motifs is 1. The Morgan fingerprint density at radius 1 is 1.20 bits per heavy atom. The summed E-state index contributed by atoms with van der Waals surface area (Å²) in [5, 5.41) is 16.2. The van der Waals surface area contributed by atoms with E-state index in [1.807, 2.05) is 64.0 Å². The van der Waals surface area contributed by atoms with Crippen molar-refractivity contribution >= 4 is 22.5 Å². The fraction of sp³-hybridized carbons (Fsp3) is 0.389. The van der Waals surface area contributed by atoms with Crippen LogP contribution in [0.5, 0.6) is 0 Å². The number of nitrogens with zero attached hydrogens (tertiary/aromatic N) is 5. The number of rotatable bonds is 3. The second-order valence-electron chi connectivity index (χ2n) is 7.32. The van der Waals surface area contributed by atoms with Gasteiger partial charge in [-0.1, -0.05) is 12.1 Å². The lowest BCUT2D eigenvalue weighted by atomic mass is 10.0. The molecule has 0 saturated heterocycles. The summed E-state index contributed by atoms with van der Waals surface area (Å²) in [7, 11) is 3.92. The lowest BCUT2D eigenvalue weighted by Gasteiger charge is -2.20. The molecule has 0 aliphatic carbocycles. The monoisotopic (exact) mass is 340 g/mol. The summed E-state index contributed by atoms with van der Waals surface area (Å²) in [5.74, 6) is 0.318. The van der Waals surface area contributed by atoms with E-state index >= 15 is 0 Å². The number of benzene rings is 1. The number of hydrogen-bond donors (Lipinski definition) is 2. The van der Waals surface area contributed by atoms with E-state index in [1.165, 1.54) is 6.33 Å². The zero-order chi connectivity index (χ0) is 18.4. The molecule has 1 aromatic carbocycles. The zero-order valence-corrected chi connectivity index (χ0v) is 15.2. The molecule has 0 fully saturated rings. The molecule has 0 aliphatic heterocycles. The molecule has 2 heterocycles. The molecule has 0 amide bonds. The Hall–Kier alpha value is -2.67. The van der Waals surface area contributed by atoms with Crippen LogP contribution in [0.25, 0.3) is 11.0 Å². The van der Waals surface area contributed by atoms with Gasteiger partial charge >= 0.3 is 0 Å². The van der Waals surface area contributed by atoms with Crippen LogP contribution in [-0.2, 0) is 5.54 Å². The highest BCUT2D eigenvalue weighted by atomic mass is 16.3. The zero-order valence-electron chi connectivity index (χ0n) is 15.2. The smallest absolute Gasteiger partial charge is 0.164 e. The fourth-order valence-corrected chi connectivity index (χ4v) is 2.79. The first-order valence-corrected chi connectivity index (χ1v) is 8.15. The minimum Gasteiger partial charge on any atom is -0.383 e. The van der Waals surface area contributed by atoms with Gasteiger partial charge in [-0.2, -0.15) is 5.10 Å². The first-order valence-electron chi connectivity index (χ1n) is 8.15. The maximum Gasteiger partial charge on any atom is 0.164 e. The lowest BCUT2D eigenvalue weighted by Crippen LogP contribution is -2.23. The van der Waals surface area contributed by atoms with Gasteiger partial charge in [0.25, 0.3) is 0 Å². The van der Waals surface area contributed by atoms with Crippen LogP contribution in [0.15, 0.2) is 30.6 Å². The molecule has 25 heavy (non-hydrogen) atoms. The summed E-state index contributed by atoms with van der Waals surface area (Å²) >= 11 is 0. The molecule has 132 valence electrons. The summed E-state index contributed by atoms with van der Waals surface area (Å²) in [6, 6.07) is 7.71. The number of nitrogens with two attached hydrogens (primary N) is 1. The van der Waals surface area contributed by atoms with Crippen LogP contribution < -0.4 is 10.6 Å². The van der Waals surface area contributed by atoms with Gasteiger partial charge in [-0.15, -0.1) is 0 Å². The highest BCUT2D eigenvalue weighted by Gasteiger charge is 2.27. The average Bonchev–Trinajstić information content (AvgIpc) is 2.95. The van der Waals surface area contributed by atoms with Crippen molar-refractivity contribution in [1.82, 2.24) is 19.7 Å². The lowest BCUT2D eigenvalue weighted by molar-refractivity contribution is 0.213. The van der Waals surface area contributed by atoms with Gasteiger partial charge < -0.3 is 15.7 Å². The third-order valence-electron chi connectivity index (χ3n) is 4.12. The van der Waals surface area contributed by atoms with Crippen molar-refractivity contribution in [2.45, 2.75) is 32.4 Å². The molecule has 7 nitrogen and oxygen atoms in total. The van der Waals surface area contributed by atoms with Crippen molar-refractivity contribution in [1.29, 1.82) is 0 Å². The van der Waals surface area contributed by atoms with Gasteiger partial charge in [0.2, 0.25) is 0 Å². The molecule has 0 radical (unpaired) electrons. The Kier molecular flexibility index (Phi) is 4.12. The fourth-order valence-electron chi connectivity index (χ4n) is 2.79. The number of hydrogen-bond acceptors (Lipinski definition) is 6. The molecular weight excluding hydrogens is 316 g/mol. The van der Waals surface area contributed by atoms with Crippen LogP contribution in [0.3, 0.4) is 0 Å². The molecule has 2 aromatic heterocycles. The Balaban J connectivity index is 2.20. The summed E-state index contributed by atoms with van der Waals surface area (Å²) in [6.45, 7) is 6.09. The predicted octanol–water partition coefficient (Wildman–Crippen LogP) is 2.31. The van der Waals surface area contributed by atoms with E-state index < -0.39 is 6.10 Å². The third kappa shape index (κ3) is 3.02. The second kappa shape index (κ2) is 6.00. The number of nitrogen functional groups attached to an aromatic ring is 1. The molecule has 3 N–H and O–H groups in total. The summed E-state index contributed by atoms with van der Waals surface area (Å²) in [6.07, 6.45) is 0.504. The van der Waals surface area contributed by atoms with E-state index in [0.717, 1.165) is 11.3 Å². The molecule has 0 bridgehead atoms. The van der Waals surface area contributed by atoms with Gasteiger partial charge in [-0.3, -0.25) is 0 Å². The number of aromatic nitrogens is 4. The van der Waals surface area contributed by atoms with E-state index in [2.05, 4.69) is 15.1 Å². The Bertz CT molecular complexity index is 910. The summed E-state index contributed by atoms with van der Waals surface area (Å²) in [5.41, 5.74) is 8.62. The number of anilines is 2. The van der Waals surface area contributed by atoms with Crippen LogP contribution >= 0.6 is 0 Å². The van der Waals surface area contributed by atoms with Crippen molar-refractivity contribution < 1.29 is 5.11 Å². The van der Waals surface area contributed by atoms with Crippen molar-refractivity contribution in [3.05, 3.63) is 41.9 Å². The highest BCUT2D eigenvalue weighted by Crippen LogP contribution is 2.33. The van der Waals surface area contributed by atoms with E-state index in [0.29, 0.717) is 22.5 Å². The maximum absolute atomic E-state index is 11.0. The van der Waals surface area contributed by atoms with E-state index in [9.17, 15) is 5.11 Å². The molecule has 3 aromatic rings. The number of aliphatic hydroxyl groups is 1. The SMILES string of the molecule is CN(C)c1cccc(C(O)c2nn(C(C)(C)C)c3ncnc(N)c23)c1. The van der Waals surface area contributed by atoms with E-state index in [4.69, 9.17) is 5.73 Å². The Labute approximate surface area is 147 Å². The normalized spacial score (nSPS) is 13.2. The standard InChI is InChI=1S/C18H24N6O/c1-18(2,3)24-17-13(16(19)20-10-21-17)14(22-24)15(25)11-7-6-8-12(9-11)23(4)5/h6-10,15,25H,1-5H3,(H2,19,20,21). The molecule has 3 rings (SSSR count). The second-order valence-corrected chi connectivity index (χ2v) is 7.32. The van der Waals surface area contributed by atoms with E-state index in [-0.39, 0.29) is 5.54 Å². The minimum atomic E-state index is -0.917. The molecule has 0 aliphatic rings. The molecule has 1 unspecified atom stereocenters. The average molecular weight is 340 g/mol. The first-order chi connectivity index (χ1) is 11.7. The molecular formula is C18H24N6O. The molecule has 7 heteroatoms. The summed E-state index contributed by atoms with van der Waals surface area (Å²) in [4.78, 5) is 10.4. The molecule has 0 saturated carbocycles. The quantitative estimate of drug-likeness (QED) is 0.760. The van der Waals surface area contributed by atoms with Gasteiger partial charge in [-0.05, 0) is 38.5 Å². The van der Waals surface area contributed by atoms with Crippen molar-refractivity contribution in [2.75, 3.05) is 24.7 Å². The van der Waals surface area contributed by atoms with Gasteiger partial charge in [0.15, 0.2) is 5.65 Å². The summed E-state index contributed by atoms with van der Waals surface area (Å²) < 4.78 is 1.79. The van der Waals surface area contributed by atoms with Crippen LogP contribution in [-0.4, -0.2) is 39.0 Å². The van der Waals surface area contributed by atoms with Crippen molar-refractivity contribution in [3.63, 3.8) is 0 Å².